The Morgan fingerprint density at radius 3 is 2.94 bits per heavy atom. The molecule has 0 aliphatic rings. The van der Waals surface area contributed by atoms with Crippen LogP contribution < -0.4 is 10.1 Å². The van der Waals surface area contributed by atoms with Gasteiger partial charge < -0.3 is 10.1 Å². The summed E-state index contributed by atoms with van der Waals surface area (Å²) in [6.07, 6.45) is 1.69. The monoisotopic (exact) mass is 398 g/mol. The molecule has 1 N–H and O–H groups in total. The zero-order chi connectivity index (χ0) is 13.1. The minimum absolute atomic E-state index is 0.220. The predicted molar refractivity (Wildman–Crippen MR) is 80.1 cm³/mol. The van der Waals surface area contributed by atoms with Gasteiger partial charge in [-0.15, -0.1) is 11.3 Å². The second kappa shape index (κ2) is 6.03. The average Bonchev–Trinajstić information content (AvgIpc) is 2.77. The molecule has 0 atom stereocenters. The quantitative estimate of drug-likeness (QED) is 0.785. The molecule has 0 radical (unpaired) electrons. The molecule has 0 spiro atoms. The first-order valence-corrected chi connectivity index (χ1v) is 7.25. The number of aromatic nitrogens is 1. The van der Waals surface area contributed by atoms with Gasteiger partial charge in [0.15, 0.2) is 16.0 Å². The number of anilines is 1. The molecular weight excluding hydrogens is 390 g/mol. The number of nitrogens with one attached hydrogen (secondary N) is 1. The number of hydrogen-bond donors (Lipinski definition) is 1. The SMILES string of the molecule is COc1c(NCc2cnc(Cl)s2)ccc(I)c1F. The number of methoxy groups -OCH3 is 1. The lowest BCUT2D eigenvalue weighted by Crippen LogP contribution is -2.02. The molecule has 1 aromatic carbocycles. The molecule has 0 saturated carbocycles. The number of hydrogen-bond acceptors (Lipinski definition) is 4. The minimum Gasteiger partial charge on any atom is -0.492 e. The zero-order valence-electron chi connectivity index (χ0n) is 9.34. The third-order valence-electron chi connectivity index (χ3n) is 2.23. The summed E-state index contributed by atoms with van der Waals surface area (Å²) in [4.78, 5) is 4.91. The van der Waals surface area contributed by atoms with E-state index in [9.17, 15) is 4.39 Å². The highest BCUT2D eigenvalue weighted by atomic mass is 127. The average molecular weight is 399 g/mol. The van der Waals surface area contributed by atoms with Crippen LogP contribution in [0, 0.1) is 9.39 Å². The highest BCUT2D eigenvalue weighted by Crippen LogP contribution is 2.31. The number of halogens is 3. The zero-order valence-corrected chi connectivity index (χ0v) is 13.1. The van der Waals surface area contributed by atoms with Crippen LogP contribution in [0.25, 0.3) is 0 Å². The normalized spacial score (nSPS) is 10.4. The highest BCUT2D eigenvalue weighted by molar-refractivity contribution is 14.1. The van der Waals surface area contributed by atoms with Gasteiger partial charge >= 0.3 is 0 Å². The van der Waals surface area contributed by atoms with E-state index in [1.807, 2.05) is 22.6 Å². The van der Waals surface area contributed by atoms with E-state index < -0.39 is 0 Å². The predicted octanol–water partition coefficient (Wildman–Crippen LogP) is 4.16. The van der Waals surface area contributed by atoms with Gasteiger partial charge in [0.05, 0.1) is 22.9 Å². The molecule has 1 aromatic heterocycles. The molecule has 0 amide bonds. The molecule has 1 heterocycles. The van der Waals surface area contributed by atoms with Crippen LogP contribution in [0.15, 0.2) is 18.3 Å². The molecular formula is C11H9ClFIN2OS. The molecule has 0 bridgehead atoms. The van der Waals surface area contributed by atoms with Crippen LogP contribution in [0.4, 0.5) is 10.1 Å². The number of ether oxygens (including phenoxy) is 1. The van der Waals surface area contributed by atoms with Crippen molar-refractivity contribution < 1.29 is 9.13 Å². The second-order valence-corrected chi connectivity index (χ2v) is 6.23. The van der Waals surface area contributed by atoms with E-state index in [2.05, 4.69) is 10.3 Å². The van der Waals surface area contributed by atoms with Crippen LogP contribution in [-0.4, -0.2) is 12.1 Å². The van der Waals surface area contributed by atoms with Gasteiger partial charge in [-0.3, -0.25) is 0 Å². The number of nitrogens with zero attached hydrogens (tertiary/aromatic N) is 1. The van der Waals surface area contributed by atoms with Crippen LogP contribution in [0.5, 0.6) is 5.75 Å². The van der Waals surface area contributed by atoms with Gasteiger partial charge in [-0.2, -0.15) is 0 Å². The Hall–Kier alpha value is -0.600. The Labute approximate surface area is 126 Å². The molecule has 2 rings (SSSR count). The molecule has 0 saturated heterocycles. The molecule has 96 valence electrons. The standard InChI is InChI=1S/C11H9ClFIN2OS/c1-17-10-8(3-2-7(14)9(10)13)15-4-6-5-16-11(12)18-6/h2-3,5,15H,4H2,1H3. The molecule has 3 nitrogen and oxygen atoms in total. The molecule has 18 heavy (non-hydrogen) atoms. The molecule has 0 aliphatic carbocycles. The van der Waals surface area contributed by atoms with Crippen LogP contribution in [0.1, 0.15) is 4.88 Å². The minimum atomic E-state index is -0.356. The lowest BCUT2D eigenvalue weighted by Gasteiger charge is -2.11. The maximum absolute atomic E-state index is 13.8. The van der Waals surface area contributed by atoms with Crippen LogP contribution in [0.3, 0.4) is 0 Å². The maximum Gasteiger partial charge on any atom is 0.183 e. The summed E-state index contributed by atoms with van der Waals surface area (Å²) < 4.78 is 19.9. The van der Waals surface area contributed by atoms with Crippen LogP contribution in [-0.2, 0) is 6.54 Å². The van der Waals surface area contributed by atoms with Crippen molar-refractivity contribution in [2.75, 3.05) is 12.4 Å². The fourth-order valence-corrected chi connectivity index (χ4v) is 2.76. The summed E-state index contributed by atoms with van der Waals surface area (Å²) in [5.41, 5.74) is 0.611. The third-order valence-corrected chi connectivity index (χ3v) is 4.18. The highest BCUT2D eigenvalue weighted by Gasteiger charge is 2.12. The van der Waals surface area contributed by atoms with Crippen molar-refractivity contribution >= 4 is 51.2 Å². The van der Waals surface area contributed by atoms with Crippen molar-refractivity contribution in [3.8, 4) is 5.75 Å². The van der Waals surface area contributed by atoms with Gasteiger partial charge in [-0.25, -0.2) is 9.37 Å². The largest absolute Gasteiger partial charge is 0.492 e. The Bertz CT molecular complexity index is 564. The summed E-state index contributed by atoms with van der Waals surface area (Å²) in [7, 11) is 1.45. The van der Waals surface area contributed by atoms with Gasteiger partial charge in [0.25, 0.3) is 0 Å². The molecule has 2 aromatic rings. The lowest BCUT2D eigenvalue weighted by atomic mass is 10.2. The second-order valence-electron chi connectivity index (χ2n) is 3.38. The number of benzene rings is 1. The lowest BCUT2D eigenvalue weighted by molar-refractivity contribution is 0.387. The van der Waals surface area contributed by atoms with Crippen molar-refractivity contribution in [2.45, 2.75) is 6.54 Å². The van der Waals surface area contributed by atoms with Gasteiger partial charge in [0.2, 0.25) is 0 Å². The summed E-state index contributed by atoms with van der Waals surface area (Å²) in [5, 5.41) is 3.11. The third kappa shape index (κ3) is 3.04. The Morgan fingerprint density at radius 1 is 1.56 bits per heavy atom. The van der Waals surface area contributed by atoms with Crippen molar-refractivity contribution in [1.29, 1.82) is 0 Å². The van der Waals surface area contributed by atoms with E-state index in [4.69, 9.17) is 16.3 Å². The van der Waals surface area contributed by atoms with E-state index in [1.165, 1.54) is 18.4 Å². The smallest absolute Gasteiger partial charge is 0.183 e. The first kappa shape index (κ1) is 13.8. The number of thiazole rings is 1. The topological polar surface area (TPSA) is 34.1 Å². The van der Waals surface area contributed by atoms with E-state index in [0.717, 1.165) is 4.88 Å². The summed E-state index contributed by atoms with van der Waals surface area (Å²) in [6.45, 7) is 0.529. The Morgan fingerprint density at radius 2 is 2.33 bits per heavy atom. The van der Waals surface area contributed by atoms with Gasteiger partial charge in [-0.1, -0.05) is 11.6 Å². The van der Waals surface area contributed by atoms with E-state index >= 15 is 0 Å². The Balaban J connectivity index is 2.16. The summed E-state index contributed by atoms with van der Waals surface area (Å²) in [5.74, 6) is -0.136. The first-order valence-electron chi connectivity index (χ1n) is 4.98. The van der Waals surface area contributed by atoms with E-state index in [1.54, 1.807) is 18.3 Å². The van der Waals surface area contributed by atoms with E-state index in [-0.39, 0.29) is 11.6 Å². The first-order chi connectivity index (χ1) is 8.61. The van der Waals surface area contributed by atoms with Crippen LogP contribution in [0.2, 0.25) is 4.47 Å². The molecule has 0 unspecified atom stereocenters. The van der Waals surface area contributed by atoms with Crippen molar-refractivity contribution in [2.24, 2.45) is 0 Å². The summed E-state index contributed by atoms with van der Waals surface area (Å²) >= 11 is 9.05. The Kier molecular flexibility index (Phi) is 4.63. The molecule has 0 fully saturated rings. The van der Waals surface area contributed by atoms with Crippen LogP contribution >= 0.6 is 45.5 Å². The summed E-state index contributed by atoms with van der Waals surface area (Å²) in [6, 6.07) is 3.48. The van der Waals surface area contributed by atoms with Crippen molar-refractivity contribution in [1.82, 2.24) is 4.98 Å². The fourth-order valence-electron chi connectivity index (χ4n) is 1.42. The fraction of sp³-hybridized carbons (Fsp3) is 0.182. The molecule has 7 heteroatoms. The maximum atomic E-state index is 13.8. The van der Waals surface area contributed by atoms with Gasteiger partial charge in [0, 0.05) is 11.1 Å². The van der Waals surface area contributed by atoms with Crippen molar-refractivity contribution in [3.05, 3.63) is 37.1 Å². The van der Waals surface area contributed by atoms with E-state index in [0.29, 0.717) is 20.3 Å². The number of rotatable bonds is 4. The van der Waals surface area contributed by atoms with Crippen molar-refractivity contribution in [3.63, 3.8) is 0 Å². The van der Waals surface area contributed by atoms with Gasteiger partial charge in [0.1, 0.15) is 0 Å². The van der Waals surface area contributed by atoms with Gasteiger partial charge in [-0.05, 0) is 34.7 Å². The molecule has 0 aliphatic heterocycles.